The summed E-state index contributed by atoms with van der Waals surface area (Å²) in [6, 6.07) is 75.0. The van der Waals surface area contributed by atoms with Gasteiger partial charge in [-0.05, 0) is 169 Å². The van der Waals surface area contributed by atoms with E-state index in [-0.39, 0.29) is 0 Å². The van der Waals surface area contributed by atoms with Crippen LogP contribution in [0.15, 0.2) is 215 Å². The predicted molar refractivity (Wildman–Crippen MR) is 305 cm³/mol. The van der Waals surface area contributed by atoms with E-state index < -0.39 is 0 Å². The van der Waals surface area contributed by atoms with Crippen LogP contribution in [0.3, 0.4) is 0 Å². The van der Waals surface area contributed by atoms with Crippen LogP contribution in [0.5, 0.6) is 0 Å². The number of nitrogens with zero attached hydrogens (tertiary/aromatic N) is 2. The van der Waals surface area contributed by atoms with E-state index in [0.717, 1.165) is 110 Å². The van der Waals surface area contributed by atoms with Gasteiger partial charge in [-0.1, -0.05) is 145 Å². The Balaban J connectivity index is 1.07. The molecule has 0 saturated heterocycles. The number of anilines is 6. The average molecular weight is 929 g/mol. The Morgan fingerprint density at radius 1 is 0.306 bits per heavy atom. The highest BCUT2D eigenvalue weighted by atomic mass is 16.4. The van der Waals surface area contributed by atoms with Gasteiger partial charge in [0.15, 0.2) is 11.2 Å². The van der Waals surface area contributed by atoms with Crippen LogP contribution in [0.2, 0.25) is 0 Å². The maximum atomic E-state index is 7.24. The molecule has 13 rings (SSSR count). The van der Waals surface area contributed by atoms with Gasteiger partial charge in [0.1, 0.15) is 11.2 Å². The third kappa shape index (κ3) is 7.05. The summed E-state index contributed by atoms with van der Waals surface area (Å²) in [6.45, 7) is 13.1. The molecule has 72 heavy (non-hydrogen) atoms. The molecule has 13 aromatic rings. The molecule has 2 heterocycles. The van der Waals surface area contributed by atoms with Crippen LogP contribution in [0.4, 0.5) is 34.1 Å². The van der Waals surface area contributed by atoms with Gasteiger partial charge in [0.05, 0.1) is 11.4 Å². The maximum Gasteiger partial charge on any atom is 0.179 e. The summed E-state index contributed by atoms with van der Waals surface area (Å²) >= 11 is 0. The lowest BCUT2D eigenvalue weighted by atomic mass is 9.87. The summed E-state index contributed by atoms with van der Waals surface area (Å²) in [6.07, 6.45) is 0. The molecule has 0 radical (unpaired) electrons. The predicted octanol–water partition coefficient (Wildman–Crippen LogP) is 19.9. The molecule has 0 amide bonds. The third-order valence-corrected chi connectivity index (χ3v) is 14.8. The summed E-state index contributed by atoms with van der Waals surface area (Å²) in [5.74, 6) is 0. The standard InChI is InChI=1S/C68H52N2O2/c1-41-23-29-53(30-24-41)69(65-43(3)15-13-16-44(65)4)55-33-27-49-37-57-59(39-51(49)35-55)71-67-63(57)61(47-19-9-7-10-20-47)62(48-21-11-8-12-22-48)64-58-38-50-28-34-56(36-52(50)40-60(58)72-68(64)67)70(54-31-25-42(2)26-32-54)66-45(5)17-14-18-46(66)6/h7-40H,1-6H3. The zero-order valence-corrected chi connectivity index (χ0v) is 41.3. The number of benzene rings is 11. The number of furan rings is 2. The molecule has 0 aliphatic heterocycles. The number of aryl methyl sites for hydroxylation is 6. The van der Waals surface area contributed by atoms with Gasteiger partial charge in [0.2, 0.25) is 0 Å². The SMILES string of the molecule is Cc1ccc(N(c2ccc3cc4c(cc3c2)oc2c3oc5cc6cc(N(c7ccc(C)cc7)c7c(C)cccc7C)ccc6cc5c3c(-c3ccccc3)c(-c3ccccc3)c42)c2c(C)cccc2C)cc1. The van der Waals surface area contributed by atoms with Crippen LogP contribution in [-0.4, -0.2) is 0 Å². The van der Waals surface area contributed by atoms with Crippen LogP contribution < -0.4 is 9.80 Å². The molecule has 0 saturated carbocycles. The molecule has 0 fully saturated rings. The first kappa shape index (κ1) is 43.2. The van der Waals surface area contributed by atoms with Crippen LogP contribution in [0.25, 0.3) is 87.7 Å². The topological polar surface area (TPSA) is 32.8 Å². The fraction of sp³-hybridized carbons (Fsp3) is 0.0882. The van der Waals surface area contributed by atoms with Crippen molar-refractivity contribution in [3.8, 4) is 22.3 Å². The molecule has 0 bridgehead atoms. The van der Waals surface area contributed by atoms with Crippen molar-refractivity contribution in [1.82, 2.24) is 0 Å². The highest BCUT2D eigenvalue weighted by Crippen LogP contribution is 2.52. The summed E-state index contributed by atoms with van der Waals surface area (Å²) < 4.78 is 14.5. The molecule has 0 N–H and O–H groups in total. The second kappa shape index (κ2) is 16.9. The summed E-state index contributed by atoms with van der Waals surface area (Å²) in [7, 11) is 0. The van der Waals surface area contributed by atoms with Crippen molar-refractivity contribution in [2.75, 3.05) is 9.80 Å². The van der Waals surface area contributed by atoms with E-state index in [1.54, 1.807) is 0 Å². The molecule has 4 heteroatoms. The molecule has 0 aliphatic carbocycles. The van der Waals surface area contributed by atoms with Crippen LogP contribution in [-0.2, 0) is 0 Å². The van der Waals surface area contributed by atoms with Gasteiger partial charge < -0.3 is 18.6 Å². The van der Waals surface area contributed by atoms with Crippen molar-refractivity contribution in [1.29, 1.82) is 0 Å². The van der Waals surface area contributed by atoms with Gasteiger partial charge in [-0.25, -0.2) is 0 Å². The van der Waals surface area contributed by atoms with Crippen LogP contribution >= 0.6 is 0 Å². The first-order valence-electron chi connectivity index (χ1n) is 24.9. The van der Waals surface area contributed by atoms with Crippen molar-refractivity contribution in [3.05, 3.63) is 240 Å². The maximum absolute atomic E-state index is 7.24. The number of hydrogen-bond acceptors (Lipinski definition) is 4. The Hall–Kier alpha value is -8.86. The van der Waals surface area contributed by atoms with Gasteiger partial charge >= 0.3 is 0 Å². The lowest BCUT2D eigenvalue weighted by molar-refractivity contribution is 0.634. The van der Waals surface area contributed by atoms with Crippen LogP contribution in [0, 0.1) is 41.5 Å². The molecule has 2 aromatic heterocycles. The Bertz CT molecular complexity index is 3940. The monoisotopic (exact) mass is 928 g/mol. The number of rotatable bonds is 8. The van der Waals surface area contributed by atoms with Gasteiger partial charge in [0, 0.05) is 55.4 Å². The quantitative estimate of drug-likeness (QED) is 0.152. The van der Waals surface area contributed by atoms with Gasteiger partial charge in [-0.3, -0.25) is 0 Å². The number of para-hydroxylation sites is 2. The second-order valence-electron chi connectivity index (χ2n) is 19.7. The summed E-state index contributed by atoms with van der Waals surface area (Å²) in [5, 5.41) is 8.62. The van der Waals surface area contributed by atoms with Crippen LogP contribution in [0.1, 0.15) is 33.4 Å². The van der Waals surface area contributed by atoms with Crippen molar-refractivity contribution < 1.29 is 8.83 Å². The Labute approximate surface area is 419 Å². The molecule has 0 atom stereocenters. The van der Waals surface area contributed by atoms with Crippen molar-refractivity contribution in [3.63, 3.8) is 0 Å². The Morgan fingerprint density at radius 2 is 0.667 bits per heavy atom. The first-order valence-corrected chi connectivity index (χ1v) is 24.9. The van der Waals surface area contributed by atoms with Gasteiger partial charge in [0.25, 0.3) is 0 Å². The minimum atomic E-state index is 0.743. The normalized spacial score (nSPS) is 11.8. The number of hydrogen-bond donors (Lipinski definition) is 0. The van der Waals surface area contributed by atoms with E-state index in [1.807, 2.05) is 0 Å². The third-order valence-electron chi connectivity index (χ3n) is 14.8. The lowest BCUT2D eigenvalue weighted by Gasteiger charge is -2.29. The van der Waals surface area contributed by atoms with Crippen molar-refractivity contribution >= 4 is 99.5 Å². The van der Waals surface area contributed by atoms with E-state index in [2.05, 4.69) is 258 Å². The molecule has 0 unspecified atom stereocenters. The van der Waals surface area contributed by atoms with E-state index in [0.29, 0.717) is 0 Å². The van der Waals surface area contributed by atoms with E-state index in [1.165, 1.54) is 44.8 Å². The Morgan fingerprint density at radius 3 is 1.04 bits per heavy atom. The molecule has 11 aromatic carbocycles. The largest absolute Gasteiger partial charge is 0.452 e. The van der Waals surface area contributed by atoms with Gasteiger partial charge in [-0.2, -0.15) is 0 Å². The highest BCUT2D eigenvalue weighted by Gasteiger charge is 2.28. The zero-order chi connectivity index (χ0) is 48.8. The fourth-order valence-corrected chi connectivity index (χ4v) is 11.3. The molecular formula is C68H52N2O2. The van der Waals surface area contributed by atoms with Crippen molar-refractivity contribution in [2.24, 2.45) is 0 Å². The molecular weight excluding hydrogens is 877 g/mol. The smallest absolute Gasteiger partial charge is 0.179 e. The average Bonchev–Trinajstić information content (AvgIpc) is 3.96. The minimum Gasteiger partial charge on any atom is -0.452 e. The fourth-order valence-electron chi connectivity index (χ4n) is 11.3. The van der Waals surface area contributed by atoms with Gasteiger partial charge in [-0.15, -0.1) is 0 Å². The highest BCUT2D eigenvalue weighted by molar-refractivity contribution is 6.31. The molecule has 0 aliphatic rings. The molecule has 0 spiro atoms. The summed E-state index contributed by atoms with van der Waals surface area (Å²) in [4.78, 5) is 4.78. The Kier molecular flexibility index (Phi) is 10.2. The summed E-state index contributed by atoms with van der Waals surface area (Å²) in [5.41, 5.74) is 21.7. The van der Waals surface area contributed by atoms with E-state index >= 15 is 0 Å². The van der Waals surface area contributed by atoms with Crippen molar-refractivity contribution in [2.45, 2.75) is 41.5 Å². The number of fused-ring (bicyclic) bond motifs is 9. The first-order chi connectivity index (χ1) is 35.2. The second-order valence-corrected chi connectivity index (χ2v) is 19.7. The molecule has 4 nitrogen and oxygen atoms in total. The molecule has 346 valence electrons. The van der Waals surface area contributed by atoms with E-state index in [9.17, 15) is 0 Å². The minimum absolute atomic E-state index is 0.743. The zero-order valence-electron chi connectivity index (χ0n) is 41.3. The lowest BCUT2D eigenvalue weighted by Crippen LogP contribution is -2.12. The van der Waals surface area contributed by atoms with E-state index in [4.69, 9.17) is 8.83 Å².